The molecule has 0 aromatic carbocycles. The molecule has 2 unspecified atom stereocenters. The summed E-state index contributed by atoms with van der Waals surface area (Å²) in [4.78, 5) is 36.6. The largest absolute Gasteiger partial charge is 0.465 e. The molecule has 1 aliphatic heterocycles. The Balaban J connectivity index is 1.41. The maximum Gasteiger partial charge on any atom is 0.404 e. The molecule has 3 heterocycles. The lowest BCUT2D eigenvalue weighted by Gasteiger charge is -2.22. The van der Waals surface area contributed by atoms with Gasteiger partial charge in [-0.15, -0.1) is 0 Å². The lowest BCUT2D eigenvalue weighted by Crippen LogP contribution is -2.32. The molecule has 2 aromatic rings. The van der Waals surface area contributed by atoms with Crippen molar-refractivity contribution in [2.24, 2.45) is 11.8 Å². The van der Waals surface area contributed by atoms with Gasteiger partial charge in [0.15, 0.2) is 0 Å². The third kappa shape index (κ3) is 6.29. The Bertz CT molecular complexity index is 1000. The number of rotatable bonds is 7. The van der Waals surface area contributed by atoms with Crippen molar-refractivity contribution in [2.45, 2.75) is 38.1 Å². The van der Waals surface area contributed by atoms with Gasteiger partial charge in [0.1, 0.15) is 11.6 Å². The highest BCUT2D eigenvalue weighted by Gasteiger charge is 2.31. The van der Waals surface area contributed by atoms with Crippen LogP contribution in [0.2, 0.25) is 5.02 Å². The molecule has 2 atom stereocenters. The van der Waals surface area contributed by atoms with Crippen molar-refractivity contribution < 1.29 is 19.4 Å². The maximum atomic E-state index is 12.7. The summed E-state index contributed by atoms with van der Waals surface area (Å²) in [7, 11) is 0. The van der Waals surface area contributed by atoms with Crippen LogP contribution in [0.4, 0.5) is 16.4 Å². The Morgan fingerprint density at radius 3 is 2.73 bits per heavy atom. The van der Waals surface area contributed by atoms with Gasteiger partial charge in [-0.3, -0.25) is 9.78 Å². The number of aromatic nitrogens is 3. The van der Waals surface area contributed by atoms with Crippen molar-refractivity contribution in [3.8, 4) is 11.3 Å². The molecular formula is C22H27ClN6O4. The number of ether oxygens (including phenoxy) is 1. The second kappa shape index (κ2) is 10.8. The van der Waals surface area contributed by atoms with Crippen molar-refractivity contribution in [3.05, 3.63) is 29.7 Å². The molecule has 11 heteroatoms. The van der Waals surface area contributed by atoms with Crippen molar-refractivity contribution in [3.63, 3.8) is 0 Å². The lowest BCUT2D eigenvalue weighted by atomic mass is 10.0. The van der Waals surface area contributed by atoms with Crippen molar-refractivity contribution in [1.82, 2.24) is 20.3 Å². The third-order valence-corrected chi connectivity index (χ3v) is 6.36. The number of nitrogens with one attached hydrogen (secondary N) is 3. The van der Waals surface area contributed by atoms with E-state index in [1.165, 1.54) is 6.20 Å². The molecule has 2 aliphatic rings. The molecule has 0 bridgehead atoms. The van der Waals surface area contributed by atoms with Crippen molar-refractivity contribution in [2.75, 3.05) is 30.4 Å². The Morgan fingerprint density at radius 1 is 1.12 bits per heavy atom. The van der Waals surface area contributed by atoms with E-state index >= 15 is 0 Å². The van der Waals surface area contributed by atoms with Gasteiger partial charge in [-0.1, -0.05) is 11.6 Å². The van der Waals surface area contributed by atoms with Gasteiger partial charge in [0.2, 0.25) is 5.91 Å². The van der Waals surface area contributed by atoms with Crippen LogP contribution in [-0.2, 0) is 9.53 Å². The molecule has 2 aromatic heterocycles. The first-order valence-corrected chi connectivity index (χ1v) is 11.5. The van der Waals surface area contributed by atoms with Gasteiger partial charge in [-0.2, -0.15) is 0 Å². The van der Waals surface area contributed by atoms with Gasteiger partial charge in [0.05, 0.1) is 23.1 Å². The van der Waals surface area contributed by atoms with Crippen molar-refractivity contribution >= 4 is 35.2 Å². The number of carbonyl (C=O) groups is 2. The first-order valence-electron chi connectivity index (χ1n) is 11.1. The first-order chi connectivity index (χ1) is 16.0. The van der Waals surface area contributed by atoms with Crippen molar-refractivity contribution in [1.29, 1.82) is 0 Å². The molecule has 2 amide bonds. The maximum absolute atomic E-state index is 12.7. The summed E-state index contributed by atoms with van der Waals surface area (Å²) in [6, 6.07) is 1.47. The van der Waals surface area contributed by atoms with Crippen LogP contribution in [0.1, 0.15) is 32.1 Å². The van der Waals surface area contributed by atoms with Gasteiger partial charge < -0.3 is 25.8 Å². The topological polar surface area (TPSA) is 138 Å². The van der Waals surface area contributed by atoms with Crippen LogP contribution < -0.4 is 16.0 Å². The summed E-state index contributed by atoms with van der Waals surface area (Å²) < 4.78 is 5.40. The fraction of sp³-hybridized carbons (Fsp3) is 0.500. The average Bonchev–Trinajstić information content (AvgIpc) is 3.28. The minimum atomic E-state index is -1.07. The minimum absolute atomic E-state index is 0.191. The quantitative estimate of drug-likeness (QED) is 0.479. The van der Waals surface area contributed by atoms with E-state index < -0.39 is 6.09 Å². The number of anilines is 2. The standard InChI is InChI=1S/C22H27ClN6O4/c23-17-10-26-19(29-21(30)14-1-2-15(7-14)27-22(31)32)8-16(17)18-11-24-12-20(28-18)25-9-13-3-5-33-6-4-13/h8,10-15,27H,1-7,9H2,(H,25,28)(H,31,32)(H,26,29,30). The van der Waals surface area contributed by atoms with Gasteiger partial charge >= 0.3 is 6.09 Å². The zero-order chi connectivity index (χ0) is 23.2. The van der Waals surface area contributed by atoms with Gasteiger partial charge in [-0.25, -0.2) is 14.8 Å². The van der Waals surface area contributed by atoms with Crippen LogP contribution in [0.3, 0.4) is 0 Å². The van der Waals surface area contributed by atoms with Gasteiger partial charge in [0, 0.05) is 43.5 Å². The zero-order valence-corrected chi connectivity index (χ0v) is 18.8. The predicted molar refractivity (Wildman–Crippen MR) is 123 cm³/mol. The van der Waals surface area contributed by atoms with Gasteiger partial charge in [0.25, 0.3) is 0 Å². The van der Waals surface area contributed by atoms with E-state index in [4.69, 9.17) is 21.4 Å². The smallest absolute Gasteiger partial charge is 0.404 e. The van der Waals surface area contributed by atoms with Crippen LogP contribution in [0.15, 0.2) is 24.7 Å². The molecule has 2 fully saturated rings. The number of amides is 2. The monoisotopic (exact) mass is 474 g/mol. The second-order valence-corrected chi connectivity index (χ2v) is 8.83. The van der Waals surface area contributed by atoms with Crippen LogP contribution in [0, 0.1) is 11.8 Å². The fourth-order valence-corrected chi connectivity index (χ4v) is 4.44. The van der Waals surface area contributed by atoms with E-state index in [1.54, 1.807) is 18.5 Å². The highest BCUT2D eigenvalue weighted by molar-refractivity contribution is 6.33. The summed E-state index contributed by atoms with van der Waals surface area (Å²) in [5.41, 5.74) is 1.18. The average molecular weight is 475 g/mol. The SMILES string of the molecule is O=C(O)NC1CCC(C(=O)Nc2cc(-c3cncc(NCC4CCOCC4)n3)c(Cl)cn2)C1. The van der Waals surface area contributed by atoms with Crippen LogP contribution >= 0.6 is 11.6 Å². The molecule has 33 heavy (non-hydrogen) atoms. The predicted octanol–water partition coefficient (Wildman–Crippen LogP) is 3.41. The van der Waals surface area contributed by atoms with E-state index in [-0.39, 0.29) is 17.9 Å². The number of hydrogen-bond acceptors (Lipinski definition) is 7. The molecule has 1 saturated carbocycles. The third-order valence-electron chi connectivity index (χ3n) is 6.06. The lowest BCUT2D eigenvalue weighted by molar-refractivity contribution is -0.119. The Morgan fingerprint density at radius 2 is 1.94 bits per heavy atom. The molecule has 10 nitrogen and oxygen atoms in total. The van der Waals surface area contributed by atoms with Crippen LogP contribution in [0.5, 0.6) is 0 Å². The highest BCUT2D eigenvalue weighted by atomic mass is 35.5. The summed E-state index contributed by atoms with van der Waals surface area (Å²) in [6.45, 7) is 2.37. The Labute approximate surface area is 196 Å². The number of hydrogen-bond donors (Lipinski definition) is 4. The fourth-order valence-electron chi connectivity index (χ4n) is 4.24. The molecule has 4 rings (SSSR count). The number of pyridine rings is 1. The molecule has 176 valence electrons. The van der Waals surface area contributed by atoms with E-state index in [2.05, 4.69) is 30.9 Å². The second-order valence-electron chi connectivity index (χ2n) is 8.42. The molecule has 0 radical (unpaired) electrons. The number of nitrogens with zero attached hydrogens (tertiary/aromatic N) is 3. The van der Waals surface area contributed by atoms with Gasteiger partial charge in [-0.05, 0) is 44.1 Å². The van der Waals surface area contributed by atoms with E-state index in [9.17, 15) is 9.59 Å². The number of carboxylic acid groups (broad SMARTS) is 1. The van der Waals surface area contributed by atoms with Crippen LogP contribution in [-0.4, -0.2) is 57.9 Å². The first kappa shape index (κ1) is 23.2. The number of carbonyl (C=O) groups excluding carboxylic acids is 1. The molecule has 1 aliphatic carbocycles. The summed E-state index contributed by atoms with van der Waals surface area (Å²) in [5.74, 6) is 1.08. The normalized spacial score (nSPS) is 20.9. The highest BCUT2D eigenvalue weighted by Crippen LogP contribution is 2.30. The Kier molecular flexibility index (Phi) is 7.56. The zero-order valence-electron chi connectivity index (χ0n) is 18.1. The number of halogens is 1. The molecule has 1 saturated heterocycles. The molecule has 4 N–H and O–H groups in total. The van der Waals surface area contributed by atoms with E-state index in [0.717, 1.165) is 32.6 Å². The summed E-state index contributed by atoms with van der Waals surface area (Å²) in [5, 5.41) is 17.9. The Hall–Kier alpha value is -2.98. The van der Waals surface area contributed by atoms with E-state index in [0.29, 0.717) is 53.1 Å². The van der Waals surface area contributed by atoms with Crippen LogP contribution in [0.25, 0.3) is 11.3 Å². The minimum Gasteiger partial charge on any atom is -0.465 e. The van der Waals surface area contributed by atoms with E-state index in [1.807, 2.05) is 0 Å². The summed E-state index contributed by atoms with van der Waals surface area (Å²) in [6.07, 6.45) is 7.44. The molecule has 0 spiro atoms. The molecular weight excluding hydrogens is 448 g/mol. The summed E-state index contributed by atoms with van der Waals surface area (Å²) >= 11 is 6.37.